The van der Waals surface area contributed by atoms with Crippen LogP contribution >= 0.6 is 23.2 Å². The monoisotopic (exact) mass is 543 g/mol. The van der Waals surface area contributed by atoms with Crippen LogP contribution in [0, 0.1) is 5.92 Å². The van der Waals surface area contributed by atoms with Gasteiger partial charge in [-0.1, -0.05) is 29.8 Å². The third-order valence-electron chi connectivity index (χ3n) is 6.52. The molecule has 194 valence electrons. The normalized spacial score (nSPS) is 19.0. The number of fused-ring (bicyclic) bond motifs is 1. The van der Waals surface area contributed by atoms with E-state index in [4.69, 9.17) is 47.4 Å². The summed E-state index contributed by atoms with van der Waals surface area (Å²) in [6.45, 7) is 4.53. The van der Waals surface area contributed by atoms with Crippen molar-refractivity contribution in [2.45, 2.75) is 31.3 Å². The van der Waals surface area contributed by atoms with Crippen molar-refractivity contribution in [1.82, 2.24) is 15.0 Å². The maximum absolute atomic E-state index is 11.9. The molecule has 9 nitrogen and oxygen atoms in total. The summed E-state index contributed by atoms with van der Waals surface area (Å²) in [4.78, 5) is 26.1. The van der Waals surface area contributed by atoms with Gasteiger partial charge in [0.2, 0.25) is 5.95 Å². The summed E-state index contributed by atoms with van der Waals surface area (Å²) in [5, 5.41) is 8.23. The maximum Gasteiger partial charge on any atom is 0.223 e. The van der Waals surface area contributed by atoms with Gasteiger partial charge in [0.05, 0.1) is 49.2 Å². The van der Waals surface area contributed by atoms with Crippen molar-refractivity contribution in [3.8, 4) is 22.8 Å². The summed E-state index contributed by atoms with van der Waals surface area (Å²) in [5.74, 6) is 1.90. The van der Waals surface area contributed by atoms with E-state index >= 15 is 0 Å². The van der Waals surface area contributed by atoms with Crippen LogP contribution in [-0.2, 0) is 9.53 Å². The van der Waals surface area contributed by atoms with Crippen LogP contribution in [0.5, 0.6) is 11.5 Å². The number of nitrogens with one attached hydrogen (secondary N) is 2. The number of nitrogens with zero attached hydrogens (tertiary/aromatic N) is 3. The van der Waals surface area contributed by atoms with Gasteiger partial charge in [-0.15, -0.1) is 0 Å². The molecule has 1 aliphatic carbocycles. The second-order valence-corrected chi connectivity index (χ2v) is 9.87. The number of rotatable bonds is 10. The summed E-state index contributed by atoms with van der Waals surface area (Å²) >= 11 is 13.3. The van der Waals surface area contributed by atoms with E-state index in [1.807, 2.05) is 6.07 Å². The predicted molar refractivity (Wildman–Crippen MR) is 144 cm³/mol. The Balaban J connectivity index is 1.54. The van der Waals surface area contributed by atoms with Gasteiger partial charge in [-0.2, -0.15) is 0 Å². The number of hydrogen-bond acceptors (Lipinski definition) is 9. The molecule has 0 radical (unpaired) electrons. The minimum atomic E-state index is -0.0877. The van der Waals surface area contributed by atoms with Gasteiger partial charge in [0.25, 0.3) is 0 Å². The molecule has 2 aromatic heterocycles. The first kappa shape index (κ1) is 25.5. The van der Waals surface area contributed by atoms with E-state index in [9.17, 15) is 4.79 Å². The van der Waals surface area contributed by atoms with Crippen LogP contribution in [0.15, 0.2) is 31.0 Å². The SMILES string of the molecule is C=CC(=O)C[C@H]1COC[C@H]1Nc1ncc2cc(-c3c(Cl)c(OC)cc(OC)c3Cl)nc(NC3CC3)c2n1. The fourth-order valence-corrected chi connectivity index (χ4v) is 5.03. The molecule has 0 amide bonds. The molecule has 11 heteroatoms. The zero-order chi connectivity index (χ0) is 26.1. The molecule has 3 aromatic rings. The Morgan fingerprint density at radius 1 is 1.14 bits per heavy atom. The smallest absolute Gasteiger partial charge is 0.223 e. The number of benzene rings is 1. The quantitative estimate of drug-likeness (QED) is 0.335. The third kappa shape index (κ3) is 5.30. The van der Waals surface area contributed by atoms with Gasteiger partial charge >= 0.3 is 0 Å². The van der Waals surface area contributed by atoms with Crippen LogP contribution in [-0.4, -0.2) is 60.3 Å². The standard InChI is InChI=1S/C26H27Cl2N5O4/c1-4-16(34)7-14-11-37-12-18(14)32-26-29-10-13-8-17(31-25(24(13)33-26)30-15-5-6-15)21-22(27)19(35-2)9-20(36-3)23(21)28/h4,8-10,14-15,18H,1,5-7,11-12H2,2-3H3,(H,30,31)(H,29,32,33)/t14-,18+/m0/s1. The lowest BCUT2D eigenvalue weighted by atomic mass is 9.97. The predicted octanol–water partition coefficient (Wildman–Crippen LogP) is 5.16. The Morgan fingerprint density at radius 2 is 1.86 bits per heavy atom. The van der Waals surface area contributed by atoms with Crippen LogP contribution in [0.2, 0.25) is 10.0 Å². The van der Waals surface area contributed by atoms with Crippen molar-refractivity contribution >= 4 is 51.7 Å². The Bertz CT molecular complexity index is 1340. The first-order valence-corrected chi connectivity index (χ1v) is 12.7. The first-order valence-electron chi connectivity index (χ1n) is 12.0. The maximum atomic E-state index is 11.9. The molecule has 0 spiro atoms. The van der Waals surface area contributed by atoms with Crippen LogP contribution < -0.4 is 20.1 Å². The van der Waals surface area contributed by atoms with Gasteiger partial charge in [-0.3, -0.25) is 4.79 Å². The van der Waals surface area contributed by atoms with E-state index in [2.05, 4.69) is 22.2 Å². The summed E-state index contributed by atoms with van der Waals surface area (Å²) in [6, 6.07) is 3.71. The Hall–Kier alpha value is -3.14. The lowest BCUT2D eigenvalue weighted by Crippen LogP contribution is -2.30. The summed E-state index contributed by atoms with van der Waals surface area (Å²) in [5.41, 5.74) is 1.70. The van der Waals surface area contributed by atoms with Gasteiger partial charge in [0.1, 0.15) is 17.0 Å². The van der Waals surface area contributed by atoms with Crippen LogP contribution in [0.4, 0.5) is 11.8 Å². The Morgan fingerprint density at radius 3 is 2.51 bits per heavy atom. The fraction of sp³-hybridized carbons (Fsp3) is 0.385. The molecule has 2 atom stereocenters. The minimum Gasteiger partial charge on any atom is -0.495 e. The molecule has 5 rings (SSSR count). The van der Waals surface area contributed by atoms with E-state index in [0.717, 1.165) is 18.2 Å². The third-order valence-corrected chi connectivity index (χ3v) is 7.27. The summed E-state index contributed by atoms with van der Waals surface area (Å²) in [6.07, 6.45) is 5.54. The van der Waals surface area contributed by atoms with E-state index in [1.54, 1.807) is 12.3 Å². The van der Waals surface area contributed by atoms with E-state index in [1.165, 1.54) is 20.3 Å². The number of allylic oxidation sites excluding steroid dienone is 1. The second-order valence-electron chi connectivity index (χ2n) is 9.11. The van der Waals surface area contributed by atoms with Gasteiger partial charge in [-0.05, 0) is 25.0 Å². The summed E-state index contributed by atoms with van der Waals surface area (Å²) < 4.78 is 16.5. The molecule has 1 saturated carbocycles. The van der Waals surface area contributed by atoms with E-state index in [-0.39, 0.29) is 17.7 Å². The number of carbonyl (C=O) groups excluding carboxylic acids is 1. The molecular weight excluding hydrogens is 517 g/mol. The molecule has 1 saturated heterocycles. The fourth-order valence-electron chi connectivity index (χ4n) is 4.34. The highest BCUT2D eigenvalue weighted by molar-refractivity contribution is 6.41. The zero-order valence-corrected chi connectivity index (χ0v) is 22.0. The van der Waals surface area contributed by atoms with Crippen molar-refractivity contribution in [2.75, 3.05) is 38.1 Å². The molecule has 3 heterocycles. The van der Waals surface area contributed by atoms with Crippen LogP contribution in [0.25, 0.3) is 22.2 Å². The van der Waals surface area contributed by atoms with E-state index in [0.29, 0.717) is 75.8 Å². The lowest BCUT2D eigenvalue weighted by Gasteiger charge is -2.19. The Labute approximate surface area is 224 Å². The highest BCUT2D eigenvalue weighted by Crippen LogP contribution is 2.46. The number of anilines is 2. The number of ketones is 1. The highest BCUT2D eigenvalue weighted by Gasteiger charge is 2.31. The van der Waals surface area contributed by atoms with Crippen LogP contribution in [0.3, 0.4) is 0 Å². The van der Waals surface area contributed by atoms with Gasteiger partial charge < -0.3 is 24.8 Å². The van der Waals surface area contributed by atoms with Gasteiger partial charge in [0, 0.05) is 41.6 Å². The lowest BCUT2D eigenvalue weighted by molar-refractivity contribution is -0.115. The number of pyridine rings is 1. The largest absolute Gasteiger partial charge is 0.495 e. The highest BCUT2D eigenvalue weighted by atomic mass is 35.5. The van der Waals surface area contributed by atoms with Crippen molar-refractivity contribution in [3.63, 3.8) is 0 Å². The van der Waals surface area contributed by atoms with Crippen molar-refractivity contribution in [2.24, 2.45) is 5.92 Å². The molecular formula is C26H27Cl2N5O4. The topological polar surface area (TPSA) is 107 Å². The number of aromatic nitrogens is 3. The molecule has 2 aliphatic rings. The molecule has 0 unspecified atom stereocenters. The number of methoxy groups -OCH3 is 2. The van der Waals surface area contributed by atoms with Crippen molar-refractivity contribution in [1.29, 1.82) is 0 Å². The number of carbonyl (C=O) groups is 1. The number of ether oxygens (including phenoxy) is 3. The Kier molecular flexibility index (Phi) is 7.37. The molecule has 1 aromatic carbocycles. The van der Waals surface area contributed by atoms with Crippen molar-refractivity contribution in [3.05, 3.63) is 41.0 Å². The number of hydrogen-bond donors (Lipinski definition) is 2. The summed E-state index contributed by atoms with van der Waals surface area (Å²) in [7, 11) is 3.06. The molecule has 2 N–H and O–H groups in total. The zero-order valence-electron chi connectivity index (χ0n) is 20.5. The average molecular weight is 544 g/mol. The molecule has 37 heavy (non-hydrogen) atoms. The molecule has 0 bridgehead atoms. The van der Waals surface area contributed by atoms with Gasteiger partial charge in [-0.25, -0.2) is 15.0 Å². The van der Waals surface area contributed by atoms with Crippen molar-refractivity contribution < 1.29 is 19.0 Å². The number of halogens is 2. The minimum absolute atomic E-state index is 0.0131. The van der Waals surface area contributed by atoms with E-state index < -0.39 is 0 Å². The molecule has 2 fully saturated rings. The average Bonchev–Trinajstić information content (AvgIpc) is 3.62. The molecule has 1 aliphatic heterocycles. The van der Waals surface area contributed by atoms with Crippen LogP contribution in [0.1, 0.15) is 19.3 Å². The van der Waals surface area contributed by atoms with Gasteiger partial charge in [0.15, 0.2) is 11.6 Å². The first-order chi connectivity index (χ1) is 17.9. The second kappa shape index (κ2) is 10.7.